The van der Waals surface area contributed by atoms with Gasteiger partial charge in [0.15, 0.2) is 17.3 Å². The summed E-state index contributed by atoms with van der Waals surface area (Å²) in [5.41, 5.74) is 3.06. The summed E-state index contributed by atoms with van der Waals surface area (Å²) < 4.78 is 23.1. The van der Waals surface area contributed by atoms with E-state index in [-0.39, 0.29) is 11.5 Å². The lowest BCUT2D eigenvalue weighted by Gasteiger charge is -2.29. The molecule has 2 aliphatic rings. The highest BCUT2D eigenvalue weighted by molar-refractivity contribution is 7.09. The third-order valence-corrected chi connectivity index (χ3v) is 6.53. The minimum atomic E-state index is -0.138. The van der Waals surface area contributed by atoms with Crippen molar-refractivity contribution in [3.63, 3.8) is 0 Å². The van der Waals surface area contributed by atoms with Crippen LogP contribution in [-0.2, 0) is 13.1 Å². The largest absolute Gasteiger partial charge is 0.493 e. The fourth-order valence-electron chi connectivity index (χ4n) is 4.17. The standard InChI is InChI=1S/C25H23NO5S/c1-15-10-20-18(13-26(14-30-20)12-17-7-5-9-32-17)25-22(15)23(27)21(31-25)11-16-6-4-8-19(28-2)24(16)29-3/h4-11H,12-14H2,1-3H3/b21-11-. The molecule has 2 aromatic carbocycles. The second kappa shape index (κ2) is 8.33. The van der Waals surface area contributed by atoms with E-state index in [0.717, 1.165) is 23.4 Å². The molecule has 0 unspecified atom stereocenters. The van der Waals surface area contributed by atoms with Gasteiger partial charge in [-0.1, -0.05) is 18.2 Å². The molecule has 0 amide bonds. The van der Waals surface area contributed by atoms with Crippen molar-refractivity contribution in [2.75, 3.05) is 21.0 Å². The van der Waals surface area contributed by atoms with E-state index in [1.165, 1.54) is 4.88 Å². The van der Waals surface area contributed by atoms with Gasteiger partial charge in [0.25, 0.3) is 0 Å². The Balaban J connectivity index is 1.50. The van der Waals surface area contributed by atoms with Crippen LogP contribution in [0.3, 0.4) is 0 Å². The normalized spacial score (nSPS) is 16.3. The van der Waals surface area contributed by atoms with Crippen LogP contribution in [0, 0.1) is 6.92 Å². The van der Waals surface area contributed by atoms with Gasteiger partial charge in [0.2, 0.25) is 5.78 Å². The molecule has 7 heteroatoms. The molecule has 1 aromatic heterocycles. The predicted octanol–water partition coefficient (Wildman–Crippen LogP) is 5.04. The van der Waals surface area contributed by atoms with E-state index in [1.54, 1.807) is 31.6 Å². The van der Waals surface area contributed by atoms with Gasteiger partial charge in [-0.25, -0.2) is 0 Å². The van der Waals surface area contributed by atoms with E-state index in [9.17, 15) is 4.79 Å². The molecule has 0 fully saturated rings. The number of thiophene rings is 1. The summed E-state index contributed by atoms with van der Waals surface area (Å²) in [6, 6.07) is 11.6. The number of hydrogen-bond acceptors (Lipinski definition) is 7. The van der Waals surface area contributed by atoms with Crippen LogP contribution in [0.1, 0.15) is 31.9 Å². The van der Waals surface area contributed by atoms with Crippen molar-refractivity contribution in [1.82, 2.24) is 4.90 Å². The Morgan fingerprint density at radius 2 is 2.06 bits per heavy atom. The first-order valence-electron chi connectivity index (χ1n) is 10.3. The van der Waals surface area contributed by atoms with Gasteiger partial charge < -0.3 is 18.9 Å². The molecule has 0 radical (unpaired) electrons. The van der Waals surface area contributed by atoms with Crippen molar-refractivity contribution < 1.29 is 23.7 Å². The number of rotatable bonds is 5. The molecule has 3 heterocycles. The Bertz CT molecular complexity index is 1220. The zero-order valence-corrected chi connectivity index (χ0v) is 19.0. The smallest absolute Gasteiger partial charge is 0.232 e. The average Bonchev–Trinajstić information content (AvgIpc) is 3.42. The zero-order valence-electron chi connectivity index (χ0n) is 18.1. The van der Waals surface area contributed by atoms with Crippen molar-refractivity contribution in [2.45, 2.75) is 20.0 Å². The molecular formula is C25H23NO5S. The molecule has 0 spiro atoms. The molecule has 3 aromatic rings. The first-order valence-corrected chi connectivity index (χ1v) is 11.2. The second-order valence-electron chi connectivity index (χ2n) is 7.74. The number of carbonyl (C=O) groups is 1. The van der Waals surface area contributed by atoms with E-state index >= 15 is 0 Å². The third-order valence-electron chi connectivity index (χ3n) is 5.67. The Labute approximate surface area is 190 Å². The highest BCUT2D eigenvalue weighted by atomic mass is 32.1. The number of aryl methyl sites for hydroxylation is 1. The SMILES string of the molecule is COc1cccc(/C=C2\Oc3c4c(cc(C)c3C2=O)OCN(Cc2cccs2)C4)c1OC. The highest BCUT2D eigenvalue weighted by Crippen LogP contribution is 2.45. The van der Waals surface area contributed by atoms with E-state index in [4.69, 9.17) is 18.9 Å². The number of carbonyl (C=O) groups excluding carboxylic acids is 1. The number of para-hydroxylation sites is 1. The van der Waals surface area contributed by atoms with Crippen molar-refractivity contribution in [1.29, 1.82) is 0 Å². The molecule has 32 heavy (non-hydrogen) atoms. The second-order valence-corrected chi connectivity index (χ2v) is 8.77. The molecule has 164 valence electrons. The van der Waals surface area contributed by atoms with Gasteiger partial charge in [-0.2, -0.15) is 0 Å². The van der Waals surface area contributed by atoms with Gasteiger partial charge in [0.05, 0.1) is 25.3 Å². The topological polar surface area (TPSA) is 57.2 Å². The Kier molecular flexibility index (Phi) is 5.36. The van der Waals surface area contributed by atoms with Crippen LogP contribution in [0.4, 0.5) is 0 Å². The lowest BCUT2D eigenvalue weighted by atomic mass is 9.98. The quantitative estimate of drug-likeness (QED) is 0.509. The van der Waals surface area contributed by atoms with Crippen molar-refractivity contribution in [3.8, 4) is 23.0 Å². The predicted molar refractivity (Wildman–Crippen MR) is 123 cm³/mol. The maximum Gasteiger partial charge on any atom is 0.232 e. The van der Waals surface area contributed by atoms with Crippen LogP contribution in [0.2, 0.25) is 0 Å². The van der Waals surface area contributed by atoms with Crippen molar-refractivity contribution in [3.05, 3.63) is 74.7 Å². The molecular weight excluding hydrogens is 426 g/mol. The van der Waals surface area contributed by atoms with E-state index in [2.05, 4.69) is 16.3 Å². The minimum Gasteiger partial charge on any atom is -0.493 e. The van der Waals surface area contributed by atoms with Crippen LogP contribution in [0.15, 0.2) is 47.5 Å². The van der Waals surface area contributed by atoms with Gasteiger partial charge in [-0.3, -0.25) is 9.69 Å². The molecule has 0 atom stereocenters. The van der Waals surface area contributed by atoms with Crippen LogP contribution in [0.25, 0.3) is 6.08 Å². The summed E-state index contributed by atoms with van der Waals surface area (Å²) in [4.78, 5) is 16.7. The fourth-order valence-corrected chi connectivity index (χ4v) is 4.91. The molecule has 0 N–H and O–H groups in total. The number of ketones is 1. The Hall–Kier alpha value is -3.29. The Morgan fingerprint density at radius 1 is 1.19 bits per heavy atom. The monoisotopic (exact) mass is 449 g/mol. The summed E-state index contributed by atoms with van der Waals surface area (Å²) in [6.07, 6.45) is 1.71. The van der Waals surface area contributed by atoms with E-state index in [0.29, 0.717) is 41.7 Å². The van der Waals surface area contributed by atoms with Crippen LogP contribution < -0.4 is 18.9 Å². The summed E-state index contributed by atoms with van der Waals surface area (Å²) in [5.74, 6) is 2.64. The molecule has 0 aliphatic carbocycles. The number of methoxy groups -OCH3 is 2. The van der Waals surface area contributed by atoms with Gasteiger partial charge in [-0.05, 0) is 42.1 Å². The molecule has 0 bridgehead atoms. The maximum atomic E-state index is 13.3. The minimum absolute atomic E-state index is 0.138. The first kappa shape index (κ1) is 20.6. The maximum absolute atomic E-state index is 13.3. The summed E-state index contributed by atoms with van der Waals surface area (Å²) in [7, 11) is 3.16. The van der Waals surface area contributed by atoms with Crippen LogP contribution in [-0.4, -0.2) is 31.6 Å². The molecule has 2 aliphatic heterocycles. The van der Waals surface area contributed by atoms with E-state index in [1.807, 2.05) is 37.3 Å². The molecule has 6 nitrogen and oxygen atoms in total. The summed E-state index contributed by atoms with van der Waals surface area (Å²) >= 11 is 1.72. The highest BCUT2D eigenvalue weighted by Gasteiger charge is 2.35. The fraction of sp³-hybridized carbons (Fsp3) is 0.240. The number of nitrogens with zero attached hydrogens (tertiary/aromatic N) is 1. The van der Waals surface area contributed by atoms with Crippen molar-refractivity contribution >= 4 is 23.2 Å². The molecule has 5 rings (SSSR count). The van der Waals surface area contributed by atoms with Crippen molar-refractivity contribution in [2.24, 2.45) is 0 Å². The summed E-state index contributed by atoms with van der Waals surface area (Å²) in [6.45, 7) is 3.86. The number of benzene rings is 2. The number of ether oxygens (including phenoxy) is 4. The van der Waals surface area contributed by atoms with Crippen LogP contribution in [0.5, 0.6) is 23.0 Å². The van der Waals surface area contributed by atoms with E-state index < -0.39 is 0 Å². The molecule has 0 saturated heterocycles. The van der Waals surface area contributed by atoms with Gasteiger partial charge in [0, 0.05) is 23.5 Å². The number of allylic oxidation sites excluding steroid dienone is 1. The van der Waals surface area contributed by atoms with Gasteiger partial charge in [-0.15, -0.1) is 11.3 Å². The first-order chi connectivity index (χ1) is 15.6. The number of fused-ring (bicyclic) bond motifs is 3. The number of hydrogen-bond donors (Lipinski definition) is 0. The lowest BCUT2D eigenvalue weighted by molar-refractivity contribution is 0.0881. The van der Waals surface area contributed by atoms with Gasteiger partial charge in [0.1, 0.15) is 18.2 Å². The zero-order chi connectivity index (χ0) is 22.2. The number of Topliss-reactive ketones (excluding diaryl/α,β-unsaturated/α-hetero) is 1. The average molecular weight is 450 g/mol. The van der Waals surface area contributed by atoms with Gasteiger partial charge >= 0.3 is 0 Å². The Morgan fingerprint density at radius 3 is 2.81 bits per heavy atom. The lowest BCUT2D eigenvalue weighted by Crippen LogP contribution is -2.31. The molecule has 0 saturated carbocycles. The third kappa shape index (κ3) is 3.53. The summed E-state index contributed by atoms with van der Waals surface area (Å²) in [5, 5.41) is 2.07. The van der Waals surface area contributed by atoms with Crippen LogP contribution >= 0.6 is 11.3 Å².